The van der Waals surface area contributed by atoms with E-state index in [4.69, 9.17) is 10.00 Å². The van der Waals surface area contributed by atoms with Gasteiger partial charge in [-0.25, -0.2) is 0 Å². The molecule has 1 atom stereocenters. The van der Waals surface area contributed by atoms with E-state index in [1.165, 1.54) is 7.11 Å². The summed E-state index contributed by atoms with van der Waals surface area (Å²) in [6.07, 6.45) is 0. The Hall–Kier alpha value is -1.86. The molecule has 0 radical (unpaired) electrons. The van der Waals surface area contributed by atoms with Crippen LogP contribution >= 0.6 is 0 Å². The Morgan fingerprint density at radius 1 is 1.44 bits per heavy atom. The van der Waals surface area contributed by atoms with E-state index in [0.29, 0.717) is 12.1 Å². The van der Waals surface area contributed by atoms with E-state index in [1.807, 2.05) is 32.0 Å². The van der Waals surface area contributed by atoms with Gasteiger partial charge in [0.2, 0.25) is 0 Å². The molecule has 1 unspecified atom stereocenters. The van der Waals surface area contributed by atoms with Crippen molar-refractivity contribution in [1.82, 2.24) is 5.32 Å². The minimum Gasteiger partial charge on any atom is -0.468 e. The molecular weight excluding hydrogens is 228 g/mol. The van der Waals surface area contributed by atoms with E-state index in [1.54, 1.807) is 6.07 Å². The lowest BCUT2D eigenvalue weighted by Gasteiger charge is -2.20. The third-order valence-corrected chi connectivity index (χ3v) is 2.77. The summed E-state index contributed by atoms with van der Waals surface area (Å²) < 4.78 is 4.75. The highest BCUT2D eigenvalue weighted by atomic mass is 16.5. The number of carbonyl (C=O) groups excluding carboxylic acids is 1. The Kier molecular flexibility index (Phi) is 5.34. The number of rotatable bonds is 5. The Bertz CT molecular complexity index is 449. The molecule has 4 nitrogen and oxygen atoms in total. The third-order valence-electron chi connectivity index (χ3n) is 2.77. The van der Waals surface area contributed by atoms with Crippen LogP contribution < -0.4 is 5.32 Å². The molecule has 0 aliphatic heterocycles. The maximum absolute atomic E-state index is 11.6. The molecule has 4 heteroatoms. The molecule has 0 bridgehead atoms. The Morgan fingerprint density at radius 3 is 2.67 bits per heavy atom. The van der Waals surface area contributed by atoms with Crippen LogP contribution in [0, 0.1) is 17.2 Å². The Balaban J connectivity index is 2.74. The van der Waals surface area contributed by atoms with Crippen molar-refractivity contribution in [2.75, 3.05) is 7.11 Å². The number of carbonyl (C=O) groups is 1. The summed E-state index contributed by atoms with van der Waals surface area (Å²) in [4.78, 5) is 11.6. The monoisotopic (exact) mass is 246 g/mol. The molecular formula is C14H18N2O2. The molecule has 1 N–H and O–H groups in total. The van der Waals surface area contributed by atoms with Crippen LogP contribution in [-0.4, -0.2) is 19.1 Å². The van der Waals surface area contributed by atoms with Crippen LogP contribution in [0.15, 0.2) is 24.3 Å². The number of hydrogen-bond donors (Lipinski definition) is 1. The van der Waals surface area contributed by atoms with Crippen molar-refractivity contribution in [3.63, 3.8) is 0 Å². The van der Waals surface area contributed by atoms with Crippen molar-refractivity contribution in [2.24, 2.45) is 5.92 Å². The zero-order valence-corrected chi connectivity index (χ0v) is 10.9. The maximum atomic E-state index is 11.6. The lowest BCUT2D eigenvalue weighted by Crippen LogP contribution is -2.41. The smallest absolute Gasteiger partial charge is 0.323 e. The number of ether oxygens (including phenoxy) is 1. The summed E-state index contributed by atoms with van der Waals surface area (Å²) in [6, 6.07) is 9.11. The minimum absolute atomic E-state index is 0.131. The van der Waals surface area contributed by atoms with Crippen molar-refractivity contribution < 1.29 is 9.53 Å². The average molecular weight is 246 g/mol. The molecule has 96 valence electrons. The lowest BCUT2D eigenvalue weighted by atomic mass is 10.0. The molecule has 0 heterocycles. The van der Waals surface area contributed by atoms with Crippen molar-refractivity contribution in [3.8, 4) is 6.07 Å². The van der Waals surface area contributed by atoms with Crippen LogP contribution in [0.3, 0.4) is 0 Å². The van der Waals surface area contributed by atoms with Gasteiger partial charge in [-0.3, -0.25) is 4.79 Å². The molecule has 1 aromatic rings. The Morgan fingerprint density at radius 2 is 2.11 bits per heavy atom. The summed E-state index contributed by atoms with van der Waals surface area (Å²) in [5.41, 5.74) is 1.51. The van der Waals surface area contributed by atoms with Crippen LogP contribution in [-0.2, 0) is 16.1 Å². The van der Waals surface area contributed by atoms with Gasteiger partial charge in [0.15, 0.2) is 0 Å². The highest BCUT2D eigenvalue weighted by Crippen LogP contribution is 2.09. The molecule has 0 saturated heterocycles. The fraction of sp³-hybridized carbons (Fsp3) is 0.429. The van der Waals surface area contributed by atoms with Gasteiger partial charge in [0.05, 0.1) is 18.7 Å². The highest BCUT2D eigenvalue weighted by Gasteiger charge is 2.22. The predicted octanol–water partition coefficient (Wildman–Crippen LogP) is 1.85. The second-order valence-corrected chi connectivity index (χ2v) is 4.39. The summed E-state index contributed by atoms with van der Waals surface area (Å²) in [5.74, 6) is -0.147. The molecule has 0 aromatic heterocycles. The third kappa shape index (κ3) is 3.57. The van der Waals surface area contributed by atoms with Gasteiger partial charge < -0.3 is 10.1 Å². The van der Waals surface area contributed by atoms with Crippen molar-refractivity contribution in [1.29, 1.82) is 5.26 Å². The molecule has 1 rings (SSSR count). The van der Waals surface area contributed by atoms with Crippen molar-refractivity contribution in [3.05, 3.63) is 35.4 Å². The van der Waals surface area contributed by atoms with Crippen LogP contribution in [0.5, 0.6) is 0 Å². The van der Waals surface area contributed by atoms with Crippen molar-refractivity contribution >= 4 is 5.97 Å². The zero-order chi connectivity index (χ0) is 13.5. The quantitative estimate of drug-likeness (QED) is 0.805. The van der Waals surface area contributed by atoms with Gasteiger partial charge in [-0.2, -0.15) is 5.26 Å². The lowest BCUT2D eigenvalue weighted by molar-refractivity contribution is -0.144. The minimum atomic E-state index is -0.359. The molecule has 0 spiro atoms. The van der Waals surface area contributed by atoms with Gasteiger partial charge in [-0.1, -0.05) is 32.0 Å². The second kappa shape index (κ2) is 6.77. The maximum Gasteiger partial charge on any atom is 0.323 e. The Labute approximate surface area is 108 Å². The molecule has 0 aliphatic rings. The first-order valence-corrected chi connectivity index (χ1v) is 5.89. The van der Waals surface area contributed by atoms with E-state index in [0.717, 1.165) is 5.56 Å². The van der Waals surface area contributed by atoms with E-state index in [9.17, 15) is 4.79 Å². The van der Waals surface area contributed by atoms with Gasteiger partial charge in [-0.05, 0) is 17.5 Å². The summed E-state index contributed by atoms with van der Waals surface area (Å²) >= 11 is 0. The largest absolute Gasteiger partial charge is 0.468 e. The molecule has 0 saturated carbocycles. The predicted molar refractivity (Wildman–Crippen MR) is 68.6 cm³/mol. The highest BCUT2D eigenvalue weighted by molar-refractivity contribution is 5.75. The van der Waals surface area contributed by atoms with Gasteiger partial charge in [0.25, 0.3) is 0 Å². The molecule has 0 amide bonds. The standard InChI is InChI=1S/C14H18N2O2/c1-10(2)13(14(17)18-3)16-9-12-7-5-4-6-11(12)8-15/h4-7,10,13,16H,9H2,1-3H3. The number of esters is 1. The van der Waals surface area contributed by atoms with Crippen LogP contribution in [0.4, 0.5) is 0 Å². The van der Waals surface area contributed by atoms with Crippen LogP contribution in [0.2, 0.25) is 0 Å². The molecule has 0 fully saturated rings. The number of nitriles is 1. The SMILES string of the molecule is COC(=O)C(NCc1ccccc1C#N)C(C)C. The second-order valence-electron chi connectivity index (χ2n) is 4.39. The van der Waals surface area contributed by atoms with E-state index in [-0.39, 0.29) is 17.9 Å². The van der Waals surface area contributed by atoms with Gasteiger partial charge >= 0.3 is 5.97 Å². The number of hydrogen-bond acceptors (Lipinski definition) is 4. The van der Waals surface area contributed by atoms with E-state index < -0.39 is 0 Å². The van der Waals surface area contributed by atoms with Crippen LogP contribution in [0.1, 0.15) is 25.0 Å². The number of methoxy groups -OCH3 is 1. The first-order chi connectivity index (χ1) is 8.60. The van der Waals surface area contributed by atoms with Crippen molar-refractivity contribution in [2.45, 2.75) is 26.4 Å². The average Bonchev–Trinajstić information content (AvgIpc) is 2.38. The topological polar surface area (TPSA) is 62.1 Å². The van der Waals surface area contributed by atoms with Gasteiger partial charge in [0, 0.05) is 6.54 Å². The zero-order valence-electron chi connectivity index (χ0n) is 10.9. The first kappa shape index (κ1) is 14.2. The first-order valence-electron chi connectivity index (χ1n) is 5.89. The van der Waals surface area contributed by atoms with E-state index in [2.05, 4.69) is 11.4 Å². The number of benzene rings is 1. The van der Waals surface area contributed by atoms with Crippen LogP contribution in [0.25, 0.3) is 0 Å². The van der Waals surface area contributed by atoms with E-state index >= 15 is 0 Å². The number of nitrogens with zero attached hydrogens (tertiary/aromatic N) is 1. The summed E-state index contributed by atoms with van der Waals surface area (Å²) in [6.45, 7) is 4.37. The fourth-order valence-corrected chi connectivity index (χ4v) is 1.72. The fourth-order valence-electron chi connectivity index (χ4n) is 1.72. The normalized spacial score (nSPS) is 11.9. The molecule has 18 heavy (non-hydrogen) atoms. The summed E-state index contributed by atoms with van der Waals surface area (Å²) in [5, 5.41) is 12.1. The van der Waals surface area contributed by atoms with Gasteiger partial charge in [0.1, 0.15) is 6.04 Å². The van der Waals surface area contributed by atoms with Gasteiger partial charge in [-0.15, -0.1) is 0 Å². The molecule has 0 aliphatic carbocycles. The summed E-state index contributed by atoms with van der Waals surface area (Å²) in [7, 11) is 1.38. The molecule has 1 aromatic carbocycles. The number of nitrogens with one attached hydrogen (secondary N) is 1.